The van der Waals surface area contributed by atoms with Crippen LogP contribution in [0.25, 0.3) is 39.2 Å². The average Bonchev–Trinajstić information content (AvgIpc) is 3.49. The van der Waals surface area contributed by atoms with Crippen LogP contribution in [0.4, 0.5) is 11.5 Å². The van der Waals surface area contributed by atoms with Crippen molar-refractivity contribution < 1.29 is 4.74 Å². The van der Waals surface area contributed by atoms with Crippen LogP contribution < -0.4 is 9.64 Å². The van der Waals surface area contributed by atoms with Crippen molar-refractivity contribution in [3.63, 3.8) is 0 Å². The Morgan fingerprint density at radius 2 is 1.53 bits per heavy atom. The summed E-state index contributed by atoms with van der Waals surface area (Å²) >= 11 is 0. The van der Waals surface area contributed by atoms with Gasteiger partial charge in [-0.2, -0.15) is 0 Å². The van der Waals surface area contributed by atoms with E-state index in [0.717, 1.165) is 55.1 Å². The number of fused-ring (bicyclic) bond motifs is 11. The molecule has 5 aliphatic rings. The summed E-state index contributed by atoms with van der Waals surface area (Å²) in [5, 5.41) is 0. The Labute approximate surface area is 263 Å². The Morgan fingerprint density at radius 1 is 0.733 bits per heavy atom. The zero-order chi connectivity index (χ0) is 29.5. The van der Waals surface area contributed by atoms with Gasteiger partial charge in [-0.25, -0.2) is 9.97 Å². The first kappa shape index (κ1) is 25.4. The first-order valence-electron chi connectivity index (χ1n) is 16.5. The Balaban J connectivity index is 1.23. The number of para-hydroxylation sites is 2. The molecule has 0 bridgehead atoms. The lowest BCUT2D eigenvalue weighted by Crippen LogP contribution is -2.29. The summed E-state index contributed by atoms with van der Waals surface area (Å²) in [7, 11) is 0. The zero-order valence-electron chi connectivity index (χ0n) is 25.1. The topological polar surface area (TPSA) is 38.2 Å². The van der Waals surface area contributed by atoms with Gasteiger partial charge in [0.2, 0.25) is 0 Å². The fraction of sp³-hybridized carbons (Fsp3) is 0.220. The highest BCUT2D eigenvalue weighted by Gasteiger charge is 2.44. The minimum Gasteiger partial charge on any atom is -0.489 e. The quantitative estimate of drug-likeness (QED) is 0.207. The molecule has 4 atom stereocenters. The lowest BCUT2D eigenvalue weighted by Gasteiger charge is -2.31. The maximum Gasteiger partial charge on any atom is 0.161 e. The normalized spacial score (nSPS) is 23.3. The smallest absolute Gasteiger partial charge is 0.161 e. The maximum atomic E-state index is 6.70. The molecular formula is C41H33N3O. The number of nitrogens with zero attached hydrogens (tertiary/aromatic N) is 3. The number of ether oxygens (including phenoxy) is 1. The van der Waals surface area contributed by atoms with Crippen molar-refractivity contribution in [2.45, 2.75) is 56.1 Å². The van der Waals surface area contributed by atoms with Gasteiger partial charge in [-0.05, 0) is 48.4 Å². The molecule has 0 spiro atoms. The van der Waals surface area contributed by atoms with Crippen LogP contribution in [-0.4, -0.2) is 22.1 Å². The third-order valence-corrected chi connectivity index (χ3v) is 10.7. The number of aromatic nitrogens is 2. The summed E-state index contributed by atoms with van der Waals surface area (Å²) in [6, 6.07) is 35.2. The molecule has 1 saturated carbocycles. The van der Waals surface area contributed by atoms with E-state index in [4.69, 9.17) is 14.7 Å². The van der Waals surface area contributed by atoms with Crippen LogP contribution in [-0.2, 0) is 0 Å². The van der Waals surface area contributed by atoms with E-state index >= 15 is 0 Å². The summed E-state index contributed by atoms with van der Waals surface area (Å²) in [6.45, 7) is 0. The fourth-order valence-electron chi connectivity index (χ4n) is 8.76. The van der Waals surface area contributed by atoms with Crippen LogP contribution >= 0.6 is 0 Å². The minimum absolute atomic E-state index is 0.162. The maximum absolute atomic E-state index is 6.70. The molecule has 0 saturated heterocycles. The lowest BCUT2D eigenvalue weighted by atomic mass is 9.85. The molecule has 1 fully saturated rings. The molecule has 4 nitrogen and oxygen atoms in total. The van der Waals surface area contributed by atoms with Crippen LogP contribution in [0, 0.1) is 0 Å². The second-order valence-corrected chi connectivity index (χ2v) is 13.1. The first-order valence-corrected chi connectivity index (χ1v) is 16.5. The number of hydrogen-bond acceptors (Lipinski definition) is 4. The molecule has 2 aliphatic carbocycles. The van der Waals surface area contributed by atoms with Gasteiger partial charge in [0.15, 0.2) is 5.82 Å². The Morgan fingerprint density at radius 3 is 2.47 bits per heavy atom. The van der Waals surface area contributed by atoms with Crippen LogP contribution in [0.2, 0.25) is 0 Å². The monoisotopic (exact) mass is 583 g/mol. The predicted molar refractivity (Wildman–Crippen MR) is 181 cm³/mol. The largest absolute Gasteiger partial charge is 0.489 e. The van der Waals surface area contributed by atoms with Crippen LogP contribution in [0.3, 0.4) is 0 Å². The lowest BCUT2D eigenvalue weighted by molar-refractivity contribution is 0.189. The van der Waals surface area contributed by atoms with E-state index < -0.39 is 0 Å². The molecule has 4 unspecified atom stereocenters. The van der Waals surface area contributed by atoms with Gasteiger partial charge in [0, 0.05) is 39.7 Å². The molecule has 4 aromatic carbocycles. The van der Waals surface area contributed by atoms with Gasteiger partial charge in [0.05, 0.1) is 17.4 Å². The van der Waals surface area contributed by atoms with Gasteiger partial charge in [0.1, 0.15) is 17.7 Å². The molecule has 10 rings (SSSR count). The molecule has 1 aromatic heterocycles. The van der Waals surface area contributed by atoms with E-state index in [1.54, 1.807) is 0 Å². The van der Waals surface area contributed by atoms with Crippen LogP contribution in [0.5, 0.6) is 5.75 Å². The van der Waals surface area contributed by atoms with Crippen molar-refractivity contribution in [3.05, 3.63) is 132 Å². The highest BCUT2D eigenvalue weighted by molar-refractivity contribution is 6.07. The molecule has 218 valence electrons. The third kappa shape index (κ3) is 3.72. The van der Waals surface area contributed by atoms with Crippen LogP contribution in [0.1, 0.15) is 60.8 Å². The summed E-state index contributed by atoms with van der Waals surface area (Å²) in [5.41, 5.74) is 12.6. The summed E-state index contributed by atoms with van der Waals surface area (Å²) in [6.07, 6.45) is 12.3. The Bertz CT molecular complexity index is 2060. The molecule has 0 N–H and O–H groups in total. The SMILES string of the molecule is C1=CCC2C(=C1)c1cccc3c1N2c1nc(-c2ccccc2)nc(C2CCCC4c5ccccc5OC4C2)c1-c1ccccc1-3. The van der Waals surface area contributed by atoms with E-state index in [1.807, 2.05) is 0 Å². The van der Waals surface area contributed by atoms with Crippen molar-refractivity contribution in [3.8, 4) is 39.4 Å². The highest BCUT2D eigenvalue weighted by atomic mass is 16.5. The Kier molecular flexibility index (Phi) is 5.51. The van der Waals surface area contributed by atoms with Gasteiger partial charge >= 0.3 is 0 Å². The van der Waals surface area contributed by atoms with Gasteiger partial charge in [-0.1, -0.05) is 116 Å². The van der Waals surface area contributed by atoms with E-state index in [-0.39, 0.29) is 18.1 Å². The second-order valence-electron chi connectivity index (χ2n) is 13.1. The number of hydrogen-bond donors (Lipinski definition) is 0. The number of anilines is 2. The third-order valence-electron chi connectivity index (χ3n) is 10.7. The molecule has 4 heteroatoms. The summed E-state index contributed by atoms with van der Waals surface area (Å²) < 4.78 is 6.70. The standard InChI is InChI=1S/C41H33N3O/c1-2-12-25(13-3-1)40-42-38(26-14-10-19-30-29-17-7-9-23-35(29)45-36(30)24-26)37-31-18-5-4-15-27(31)32-20-11-21-33-28-16-6-8-22-34(28)44(39(32)33)41(37)43-40/h1-9,11-13,15-18,20-21,23,26,30,34,36H,10,14,19,22,24H2. The Hall–Kier alpha value is -4.96. The number of benzene rings is 4. The van der Waals surface area contributed by atoms with Crippen molar-refractivity contribution in [1.82, 2.24) is 9.97 Å². The number of rotatable bonds is 2. The van der Waals surface area contributed by atoms with E-state index in [1.165, 1.54) is 50.3 Å². The fourth-order valence-corrected chi connectivity index (χ4v) is 8.76. The first-order chi connectivity index (χ1) is 22.3. The van der Waals surface area contributed by atoms with Gasteiger partial charge in [-0.15, -0.1) is 0 Å². The minimum atomic E-state index is 0.162. The summed E-state index contributed by atoms with van der Waals surface area (Å²) in [5.74, 6) is 3.61. The van der Waals surface area contributed by atoms with E-state index in [2.05, 4.69) is 120 Å². The van der Waals surface area contributed by atoms with E-state index in [0.29, 0.717) is 5.92 Å². The molecule has 5 aromatic rings. The van der Waals surface area contributed by atoms with Crippen molar-refractivity contribution >= 4 is 17.1 Å². The highest BCUT2D eigenvalue weighted by Crippen LogP contribution is 2.58. The molecule has 0 radical (unpaired) electrons. The van der Waals surface area contributed by atoms with Gasteiger partial charge in [0.25, 0.3) is 0 Å². The second kappa shape index (κ2) is 9.77. The molecule has 3 aliphatic heterocycles. The average molecular weight is 584 g/mol. The summed E-state index contributed by atoms with van der Waals surface area (Å²) in [4.78, 5) is 13.6. The molecular weight excluding hydrogens is 550 g/mol. The molecule has 0 amide bonds. The van der Waals surface area contributed by atoms with E-state index in [9.17, 15) is 0 Å². The van der Waals surface area contributed by atoms with Crippen molar-refractivity contribution in [1.29, 1.82) is 0 Å². The zero-order valence-corrected chi connectivity index (χ0v) is 25.1. The van der Waals surface area contributed by atoms with Gasteiger partial charge in [-0.3, -0.25) is 0 Å². The van der Waals surface area contributed by atoms with Crippen molar-refractivity contribution in [2.75, 3.05) is 4.90 Å². The molecule has 4 heterocycles. The number of allylic oxidation sites excluding steroid dienone is 2. The molecule has 45 heavy (non-hydrogen) atoms. The van der Waals surface area contributed by atoms with Gasteiger partial charge < -0.3 is 9.64 Å². The predicted octanol–water partition coefficient (Wildman–Crippen LogP) is 9.86. The van der Waals surface area contributed by atoms with Crippen molar-refractivity contribution in [2.24, 2.45) is 0 Å². The van der Waals surface area contributed by atoms with Crippen LogP contribution in [0.15, 0.2) is 115 Å².